The van der Waals surface area contributed by atoms with E-state index in [1.54, 1.807) is 0 Å². The fourth-order valence-corrected chi connectivity index (χ4v) is 2.59. The molecule has 21 heavy (non-hydrogen) atoms. The van der Waals surface area contributed by atoms with Crippen LogP contribution in [0.3, 0.4) is 0 Å². The average Bonchev–Trinajstić information content (AvgIpc) is 2.47. The number of nitrogens with zero attached hydrogens (tertiary/aromatic N) is 2. The van der Waals surface area contributed by atoms with E-state index in [0.717, 1.165) is 45.6 Å². The number of hydrogen-bond donors (Lipinski definition) is 2. The van der Waals surface area contributed by atoms with Gasteiger partial charge in [0.1, 0.15) is 0 Å². The molecular weight excluding hydrogens is 260 g/mol. The fraction of sp³-hybridized carbons (Fsp3) is 0.588. The largest absolute Gasteiger partial charge is 0.370 e. The molecule has 0 atom stereocenters. The van der Waals surface area contributed by atoms with Gasteiger partial charge in [-0.3, -0.25) is 9.89 Å². The van der Waals surface area contributed by atoms with Crippen LogP contribution in [0.1, 0.15) is 31.4 Å². The Morgan fingerprint density at radius 1 is 1.33 bits per heavy atom. The van der Waals surface area contributed by atoms with E-state index >= 15 is 0 Å². The summed E-state index contributed by atoms with van der Waals surface area (Å²) in [5.74, 6) is 1.25. The number of aliphatic imine (C=N–C) groups is 1. The van der Waals surface area contributed by atoms with Gasteiger partial charge >= 0.3 is 0 Å². The first-order valence-corrected chi connectivity index (χ1v) is 7.98. The van der Waals surface area contributed by atoms with E-state index in [1.807, 2.05) is 0 Å². The van der Waals surface area contributed by atoms with Gasteiger partial charge in [0.15, 0.2) is 5.96 Å². The van der Waals surface area contributed by atoms with Crippen molar-refractivity contribution in [2.45, 2.75) is 33.2 Å². The lowest BCUT2D eigenvalue weighted by molar-refractivity contribution is 0.258. The second-order valence-corrected chi connectivity index (χ2v) is 6.17. The minimum absolute atomic E-state index is 0.577. The number of nitrogens with two attached hydrogens (primary N) is 1. The molecule has 1 aliphatic rings. The fourth-order valence-electron chi connectivity index (χ4n) is 2.59. The minimum atomic E-state index is 0.577. The quantitative estimate of drug-likeness (QED) is 0.622. The van der Waals surface area contributed by atoms with Crippen LogP contribution >= 0.6 is 0 Å². The number of rotatable bonds is 6. The van der Waals surface area contributed by atoms with Crippen molar-refractivity contribution in [2.75, 3.05) is 26.2 Å². The molecule has 4 nitrogen and oxygen atoms in total. The number of nitrogens with one attached hydrogen (secondary N) is 1. The Morgan fingerprint density at radius 2 is 2.10 bits per heavy atom. The van der Waals surface area contributed by atoms with Crippen molar-refractivity contribution >= 4 is 5.96 Å². The van der Waals surface area contributed by atoms with Gasteiger partial charge in [0.25, 0.3) is 0 Å². The van der Waals surface area contributed by atoms with Crippen LogP contribution in [0.5, 0.6) is 0 Å². The molecule has 1 heterocycles. The maximum absolute atomic E-state index is 5.87. The summed E-state index contributed by atoms with van der Waals surface area (Å²) >= 11 is 0. The van der Waals surface area contributed by atoms with E-state index in [4.69, 9.17) is 5.73 Å². The number of hydrogen-bond acceptors (Lipinski definition) is 2. The van der Waals surface area contributed by atoms with Gasteiger partial charge in [0.05, 0.1) is 0 Å². The molecule has 0 saturated heterocycles. The number of benzene rings is 1. The van der Waals surface area contributed by atoms with Crippen molar-refractivity contribution < 1.29 is 0 Å². The lowest BCUT2D eigenvalue weighted by Crippen LogP contribution is -2.40. The van der Waals surface area contributed by atoms with Crippen LogP contribution in [-0.4, -0.2) is 37.0 Å². The maximum atomic E-state index is 5.87. The standard InChI is InChI=1S/C17H28N4/c1-14(2)7-9-19-17(18)20-10-12-21-11-8-15-5-3-4-6-16(15)13-21/h3-6,14H,7-13H2,1-2H3,(H3,18,19,20). The van der Waals surface area contributed by atoms with Crippen LogP contribution in [0.2, 0.25) is 0 Å². The Balaban J connectivity index is 1.68. The molecule has 0 unspecified atom stereocenters. The molecule has 0 fully saturated rings. The second-order valence-electron chi connectivity index (χ2n) is 6.17. The van der Waals surface area contributed by atoms with Crippen molar-refractivity contribution in [3.8, 4) is 0 Å². The molecule has 116 valence electrons. The van der Waals surface area contributed by atoms with E-state index in [9.17, 15) is 0 Å². The van der Waals surface area contributed by atoms with Crippen LogP contribution in [-0.2, 0) is 13.0 Å². The van der Waals surface area contributed by atoms with Crippen LogP contribution in [0.15, 0.2) is 29.3 Å². The van der Waals surface area contributed by atoms with Crippen LogP contribution < -0.4 is 11.1 Å². The van der Waals surface area contributed by atoms with Crippen molar-refractivity contribution in [2.24, 2.45) is 16.6 Å². The summed E-state index contributed by atoms with van der Waals surface area (Å²) in [6.45, 7) is 9.26. The lowest BCUT2D eigenvalue weighted by atomic mass is 10.00. The normalized spacial score (nSPS) is 16.0. The first-order chi connectivity index (χ1) is 10.1. The Morgan fingerprint density at radius 3 is 2.86 bits per heavy atom. The Hall–Kier alpha value is -1.55. The molecule has 0 amide bonds. The molecule has 3 N–H and O–H groups in total. The van der Waals surface area contributed by atoms with Gasteiger partial charge in [-0.25, -0.2) is 0 Å². The Bertz CT molecular complexity index is 468. The lowest BCUT2D eigenvalue weighted by Gasteiger charge is -2.28. The Labute approximate surface area is 128 Å². The van der Waals surface area contributed by atoms with Crippen LogP contribution in [0.4, 0.5) is 0 Å². The predicted molar refractivity (Wildman–Crippen MR) is 89.4 cm³/mol. The summed E-state index contributed by atoms with van der Waals surface area (Å²) in [6.07, 6.45) is 2.24. The SMILES string of the molecule is CC(C)CCN=C(N)NCCN1CCc2ccccc2C1. The van der Waals surface area contributed by atoms with E-state index in [2.05, 4.69) is 53.3 Å². The number of guanidine groups is 1. The zero-order chi connectivity index (χ0) is 15.1. The zero-order valence-corrected chi connectivity index (χ0v) is 13.3. The third-order valence-electron chi connectivity index (χ3n) is 3.93. The topological polar surface area (TPSA) is 53.6 Å². The summed E-state index contributed by atoms with van der Waals surface area (Å²) in [4.78, 5) is 6.82. The average molecular weight is 288 g/mol. The van der Waals surface area contributed by atoms with Crippen molar-refractivity contribution in [3.63, 3.8) is 0 Å². The van der Waals surface area contributed by atoms with Crippen LogP contribution in [0, 0.1) is 5.92 Å². The van der Waals surface area contributed by atoms with Crippen molar-refractivity contribution in [1.29, 1.82) is 0 Å². The number of fused-ring (bicyclic) bond motifs is 1. The molecule has 1 aromatic rings. The van der Waals surface area contributed by atoms with Crippen LogP contribution in [0.25, 0.3) is 0 Å². The van der Waals surface area contributed by atoms with Gasteiger partial charge in [0.2, 0.25) is 0 Å². The monoisotopic (exact) mass is 288 g/mol. The second kappa shape index (κ2) is 8.03. The van der Waals surface area contributed by atoms with Gasteiger partial charge in [0, 0.05) is 32.7 Å². The molecule has 0 aromatic heterocycles. The van der Waals surface area contributed by atoms with E-state index < -0.39 is 0 Å². The summed E-state index contributed by atoms with van der Waals surface area (Å²) < 4.78 is 0. The minimum Gasteiger partial charge on any atom is -0.370 e. The summed E-state index contributed by atoms with van der Waals surface area (Å²) in [5.41, 5.74) is 8.83. The molecule has 1 aromatic carbocycles. The van der Waals surface area contributed by atoms with Crippen molar-refractivity contribution in [3.05, 3.63) is 35.4 Å². The van der Waals surface area contributed by atoms with Gasteiger partial charge in [-0.2, -0.15) is 0 Å². The first-order valence-electron chi connectivity index (χ1n) is 7.98. The van der Waals surface area contributed by atoms with Crippen molar-refractivity contribution in [1.82, 2.24) is 10.2 Å². The third kappa shape index (κ3) is 5.38. The summed E-state index contributed by atoms with van der Waals surface area (Å²) in [5, 5.41) is 3.21. The van der Waals surface area contributed by atoms with Gasteiger partial charge in [-0.05, 0) is 29.9 Å². The van der Waals surface area contributed by atoms with E-state index in [0.29, 0.717) is 11.9 Å². The molecule has 0 radical (unpaired) electrons. The molecular formula is C17H28N4. The molecule has 0 bridgehead atoms. The highest BCUT2D eigenvalue weighted by molar-refractivity contribution is 5.77. The van der Waals surface area contributed by atoms with E-state index in [1.165, 1.54) is 11.1 Å². The highest BCUT2D eigenvalue weighted by Crippen LogP contribution is 2.17. The highest BCUT2D eigenvalue weighted by atomic mass is 15.2. The zero-order valence-electron chi connectivity index (χ0n) is 13.3. The molecule has 0 saturated carbocycles. The molecule has 1 aliphatic heterocycles. The molecule has 2 rings (SSSR count). The maximum Gasteiger partial charge on any atom is 0.188 e. The third-order valence-corrected chi connectivity index (χ3v) is 3.93. The Kier molecular flexibility index (Phi) is 6.05. The van der Waals surface area contributed by atoms with Gasteiger partial charge < -0.3 is 11.1 Å². The first kappa shape index (κ1) is 15.8. The van der Waals surface area contributed by atoms with Gasteiger partial charge in [-0.1, -0.05) is 38.1 Å². The van der Waals surface area contributed by atoms with E-state index in [-0.39, 0.29) is 0 Å². The highest BCUT2D eigenvalue weighted by Gasteiger charge is 2.14. The molecule has 4 heteroatoms. The summed E-state index contributed by atoms with van der Waals surface area (Å²) in [7, 11) is 0. The molecule has 0 spiro atoms. The summed E-state index contributed by atoms with van der Waals surface area (Å²) in [6, 6.07) is 8.73. The molecule has 0 aliphatic carbocycles. The van der Waals surface area contributed by atoms with Gasteiger partial charge in [-0.15, -0.1) is 0 Å². The smallest absolute Gasteiger partial charge is 0.188 e. The predicted octanol–water partition coefficient (Wildman–Crippen LogP) is 2.00.